The van der Waals surface area contributed by atoms with Crippen molar-refractivity contribution in [3.05, 3.63) is 40.0 Å². The minimum atomic E-state index is -0.123. The fourth-order valence-corrected chi connectivity index (χ4v) is 4.57. The van der Waals surface area contributed by atoms with E-state index in [2.05, 4.69) is 34.7 Å². The molecule has 0 aromatic heterocycles. The monoisotopic (exact) mass is 379 g/mol. The van der Waals surface area contributed by atoms with Crippen molar-refractivity contribution in [3.63, 3.8) is 0 Å². The summed E-state index contributed by atoms with van der Waals surface area (Å²) in [4.78, 5) is 27.0. The van der Waals surface area contributed by atoms with E-state index in [0.717, 1.165) is 22.1 Å². The van der Waals surface area contributed by atoms with E-state index in [-0.39, 0.29) is 35.5 Å². The SMILES string of the molecule is O=C1[C@@H]2[C@H](C(=O)N1c1ccccc1I)[C@@H]1C=C[C@@H]2CC1. The lowest BCUT2D eigenvalue weighted by Gasteiger charge is -2.38. The molecule has 0 N–H and O–H groups in total. The van der Waals surface area contributed by atoms with Crippen molar-refractivity contribution >= 4 is 40.1 Å². The molecule has 1 aromatic carbocycles. The zero-order chi connectivity index (χ0) is 13.9. The molecule has 3 nitrogen and oxygen atoms in total. The summed E-state index contributed by atoms with van der Waals surface area (Å²) in [5, 5.41) is 0. The fourth-order valence-electron chi connectivity index (χ4n) is 3.94. The molecule has 2 fully saturated rings. The summed E-state index contributed by atoms with van der Waals surface area (Å²) in [5.74, 6) is 0.275. The van der Waals surface area contributed by atoms with E-state index in [0.29, 0.717) is 0 Å². The highest BCUT2D eigenvalue weighted by Crippen LogP contribution is 2.50. The van der Waals surface area contributed by atoms with Gasteiger partial charge in [0.2, 0.25) is 11.8 Å². The zero-order valence-corrected chi connectivity index (χ0v) is 13.0. The smallest absolute Gasteiger partial charge is 0.238 e. The van der Waals surface area contributed by atoms with Gasteiger partial charge in [-0.1, -0.05) is 24.3 Å². The molecule has 1 heterocycles. The lowest BCUT2D eigenvalue weighted by Crippen LogP contribution is -2.38. The highest BCUT2D eigenvalue weighted by atomic mass is 127. The third-order valence-electron chi connectivity index (χ3n) is 4.85. The van der Waals surface area contributed by atoms with Crippen LogP contribution >= 0.6 is 22.6 Å². The molecule has 2 bridgehead atoms. The van der Waals surface area contributed by atoms with E-state index in [1.54, 1.807) is 0 Å². The summed E-state index contributed by atoms with van der Waals surface area (Å²) in [6.07, 6.45) is 6.39. The number of carbonyl (C=O) groups excluding carboxylic acids is 2. The van der Waals surface area contributed by atoms with Gasteiger partial charge in [0, 0.05) is 3.57 Å². The van der Waals surface area contributed by atoms with Crippen molar-refractivity contribution in [2.24, 2.45) is 23.7 Å². The number of amides is 2. The van der Waals surface area contributed by atoms with Crippen LogP contribution in [0.25, 0.3) is 0 Å². The molecular formula is C16H14INO2. The number of hydrogen-bond acceptors (Lipinski definition) is 2. The number of allylic oxidation sites excluding steroid dienone is 2. The van der Waals surface area contributed by atoms with Gasteiger partial charge in [0.05, 0.1) is 17.5 Å². The molecule has 4 atom stereocenters. The van der Waals surface area contributed by atoms with Gasteiger partial charge in [-0.05, 0) is 59.4 Å². The van der Waals surface area contributed by atoms with Gasteiger partial charge in [-0.3, -0.25) is 9.59 Å². The van der Waals surface area contributed by atoms with Gasteiger partial charge in [0.15, 0.2) is 0 Å². The van der Waals surface area contributed by atoms with E-state index in [1.165, 1.54) is 4.90 Å². The number of para-hydroxylation sites is 1. The second-order valence-electron chi connectivity index (χ2n) is 5.80. The Morgan fingerprint density at radius 2 is 1.50 bits per heavy atom. The van der Waals surface area contributed by atoms with Gasteiger partial charge in [0.1, 0.15) is 0 Å². The number of fused-ring (bicyclic) bond motifs is 1. The topological polar surface area (TPSA) is 37.4 Å². The molecule has 4 heteroatoms. The summed E-state index contributed by atoms with van der Waals surface area (Å²) >= 11 is 2.19. The highest BCUT2D eigenvalue weighted by molar-refractivity contribution is 14.1. The number of imide groups is 1. The molecule has 1 aliphatic heterocycles. The summed E-state index contributed by atoms with van der Waals surface area (Å²) < 4.78 is 0.950. The number of rotatable bonds is 1. The Balaban J connectivity index is 1.80. The Bertz CT molecular complexity index is 607. The van der Waals surface area contributed by atoms with E-state index >= 15 is 0 Å². The molecule has 5 rings (SSSR count). The predicted octanol–water partition coefficient (Wildman–Crippen LogP) is 2.99. The van der Waals surface area contributed by atoms with Gasteiger partial charge >= 0.3 is 0 Å². The largest absolute Gasteiger partial charge is 0.274 e. The van der Waals surface area contributed by atoms with Crippen molar-refractivity contribution in [3.8, 4) is 0 Å². The van der Waals surface area contributed by atoms with Crippen LogP contribution in [0.4, 0.5) is 5.69 Å². The van der Waals surface area contributed by atoms with Crippen LogP contribution in [0.3, 0.4) is 0 Å². The standard InChI is InChI=1S/C16H14INO2/c17-11-3-1-2-4-12(11)18-15(19)13-9-5-6-10(8-7-9)14(13)16(18)20/h1-6,9-10,13-14H,7-8H2/t9-,10-,13-,14+/m1/s1. The maximum absolute atomic E-state index is 12.8. The molecule has 20 heavy (non-hydrogen) atoms. The number of nitrogens with zero attached hydrogens (tertiary/aromatic N) is 1. The summed E-state index contributed by atoms with van der Waals surface area (Å²) in [6, 6.07) is 7.61. The molecule has 4 aliphatic rings. The first-order valence-electron chi connectivity index (χ1n) is 6.99. The summed E-state index contributed by atoms with van der Waals surface area (Å²) in [5.41, 5.74) is 0.747. The van der Waals surface area contributed by atoms with Crippen molar-refractivity contribution < 1.29 is 9.59 Å². The van der Waals surface area contributed by atoms with E-state index in [9.17, 15) is 9.59 Å². The number of carbonyl (C=O) groups is 2. The van der Waals surface area contributed by atoms with Gasteiger partial charge in [-0.25, -0.2) is 4.90 Å². The number of halogens is 1. The normalized spacial score (nSPS) is 34.8. The Kier molecular flexibility index (Phi) is 2.77. The molecule has 3 aliphatic carbocycles. The van der Waals surface area contributed by atoms with E-state index in [1.807, 2.05) is 24.3 Å². The van der Waals surface area contributed by atoms with Crippen molar-refractivity contribution in [2.45, 2.75) is 12.8 Å². The summed E-state index contributed by atoms with van der Waals surface area (Å²) in [6.45, 7) is 0. The minimum absolute atomic E-state index is 0.00293. The lowest BCUT2D eigenvalue weighted by molar-refractivity contribution is -0.124. The van der Waals surface area contributed by atoms with Crippen molar-refractivity contribution in [1.82, 2.24) is 0 Å². The molecule has 0 unspecified atom stereocenters. The van der Waals surface area contributed by atoms with E-state index in [4.69, 9.17) is 0 Å². The van der Waals surface area contributed by atoms with Crippen molar-refractivity contribution in [2.75, 3.05) is 4.90 Å². The average Bonchev–Trinajstić information content (AvgIpc) is 2.75. The Labute approximate surface area is 131 Å². The second kappa shape index (κ2) is 4.41. The predicted molar refractivity (Wildman–Crippen MR) is 84.0 cm³/mol. The average molecular weight is 379 g/mol. The maximum atomic E-state index is 12.8. The van der Waals surface area contributed by atoms with Crippen LogP contribution in [0, 0.1) is 27.2 Å². The number of benzene rings is 1. The molecule has 0 radical (unpaired) electrons. The van der Waals surface area contributed by atoms with Crippen LogP contribution in [-0.4, -0.2) is 11.8 Å². The lowest BCUT2D eigenvalue weighted by atomic mass is 9.63. The van der Waals surface area contributed by atoms with Crippen LogP contribution in [0.1, 0.15) is 12.8 Å². The summed E-state index contributed by atoms with van der Waals surface area (Å²) in [7, 11) is 0. The Morgan fingerprint density at radius 3 is 2.00 bits per heavy atom. The number of anilines is 1. The first-order chi connectivity index (χ1) is 9.68. The van der Waals surface area contributed by atoms with Crippen LogP contribution in [0.15, 0.2) is 36.4 Å². The minimum Gasteiger partial charge on any atom is -0.274 e. The van der Waals surface area contributed by atoms with Crippen LogP contribution in [0.5, 0.6) is 0 Å². The fraction of sp³-hybridized carbons (Fsp3) is 0.375. The van der Waals surface area contributed by atoms with E-state index < -0.39 is 0 Å². The molecule has 0 spiro atoms. The first kappa shape index (κ1) is 12.6. The quantitative estimate of drug-likeness (QED) is 0.428. The molecule has 1 aromatic rings. The third-order valence-corrected chi connectivity index (χ3v) is 5.76. The molecule has 102 valence electrons. The maximum Gasteiger partial charge on any atom is 0.238 e. The van der Waals surface area contributed by atoms with Gasteiger partial charge in [-0.2, -0.15) is 0 Å². The molecule has 1 saturated heterocycles. The van der Waals surface area contributed by atoms with Crippen LogP contribution in [0.2, 0.25) is 0 Å². The zero-order valence-electron chi connectivity index (χ0n) is 10.8. The third kappa shape index (κ3) is 1.57. The van der Waals surface area contributed by atoms with Gasteiger partial charge in [0.25, 0.3) is 0 Å². The first-order valence-corrected chi connectivity index (χ1v) is 8.07. The van der Waals surface area contributed by atoms with Crippen LogP contribution in [-0.2, 0) is 9.59 Å². The van der Waals surface area contributed by atoms with Gasteiger partial charge in [-0.15, -0.1) is 0 Å². The Morgan fingerprint density at radius 1 is 0.950 bits per heavy atom. The number of hydrogen-bond donors (Lipinski definition) is 0. The molecule has 1 saturated carbocycles. The van der Waals surface area contributed by atoms with Crippen LogP contribution < -0.4 is 4.90 Å². The highest BCUT2D eigenvalue weighted by Gasteiger charge is 2.57. The molecular weight excluding hydrogens is 365 g/mol. The Hall–Kier alpha value is -1.17. The molecule has 2 amide bonds. The van der Waals surface area contributed by atoms with Crippen molar-refractivity contribution in [1.29, 1.82) is 0 Å². The van der Waals surface area contributed by atoms with Gasteiger partial charge < -0.3 is 0 Å². The second-order valence-corrected chi connectivity index (χ2v) is 6.97.